The summed E-state index contributed by atoms with van der Waals surface area (Å²) in [6.07, 6.45) is 2.67. The Hall–Kier alpha value is -1.69. The number of anilines is 1. The molecule has 0 radical (unpaired) electrons. The van der Waals surface area contributed by atoms with Gasteiger partial charge in [-0.15, -0.1) is 0 Å². The molecule has 1 aliphatic heterocycles. The molecule has 1 atom stereocenters. The Morgan fingerprint density at radius 3 is 2.78 bits per heavy atom. The molecule has 0 aliphatic carbocycles. The molecular formula is C15H23N5O2S. The molecule has 1 fully saturated rings. The van der Waals surface area contributed by atoms with E-state index in [1.165, 1.54) is 8.61 Å². The first kappa shape index (κ1) is 17.7. The molecule has 2 heterocycles. The molecule has 1 aliphatic rings. The van der Waals surface area contributed by atoms with E-state index in [0.717, 1.165) is 18.8 Å². The summed E-state index contributed by atoms with van der Waals surface area (Å²) in [6, 6.07) is 7.42. The molecule has 0 spiro atoms. The predicted octanol–water partition coefficient (Wildman–Crippen LogP) is 1.07. The van der Waals surface area contributed by atoms with E-state index in [9.17, 15) is 8.42 Å². The van der Waals surface area contributed by atoms with E-state index in [1.54, 1.807) is 20.2 Å². The number of nitriles is 1. The summed E-state index contributed by atoms with van der Waals surface area (Å²) in [5.41, 5.74) is 0. The number of rotatable bonds is 5. The largest absolute Gasteiger partial charge is 0.355 e. The molecule has 126 valence electrons. The van der Waals surface area contributed by atoms with Crippen molar-refractivity contribution >= 4 is 16.0 Å². The van der Waals surface area contributed by atoms with Crippen molar-refractivity contribution in [1.82, 2.24) is 13.6 Å². The maximum Gasteiger partial charge on any atom is 0.282 e. The summed E-state index contributed by atoms with van der Waals surface area (Å²) < 4.78 is 28.2. The fourth-order valence-electron chi connectivity index (χ4n) is 2.56. The lowest BCUT2D eigenvalue weighted by molar-refractivity contribution is 0.334. The Kier molecular flexibility index (Phi) is 5.93. The van der Waals surface area contributed by atoms with Gasteiger partial charge in [-0.1, -0.05) is 6.07 Å². The van der Waals surface area contributed by atoms with E-state index >= 15 is 0 Å². The van der Waals surface area contributed by atoms with Gasteiger partial charge in [0.1, 0.15) is 5.82 Å². The van der Waals surface area contributed by atoms with Gasteiger partial charge in [0.15, 0.2) is 0 Å². The van der Waals surface area contributed by atoms with Crippen LogP contribution in [0.5, 0.6) is 0 Å². The van der Waals surface area contributed by atoms with Crippen LogP contribution in [0.3, 0.4) is 0 Å². The monoisotopic (exact) mass is 337 g/mol. The summed E-state index contributed by atoms with van der Waals surface area (Å²) in [5.74, 6) is 0.873. The molecule has 0 saturated carbocycles. The van der Waals surface area contributed by atoms with Gasteiger partial charge in [0.05, 0.1) is 12.5 Å². The first-order valence-electron chi connectivity index (χ1n) is 7.73. The van der Waals surface area contributed by atoms with Crippen LogP contribution in [0.25, 0.3) is 0 Å². The molecular weight excluding hydrogens is 314 g/mol. The van der Waals surface area contributed by atoms with E-state index in [-0.39, 0.29) is 12.5 Å². The van der Waals surface area contributed by atoms with Crippen LogP contribution in [0, 0.1) is 11.3 Å². The van der Waals surface area contributed by atoms with Gasteiger partial charge < -0.3 is 4.90 Å². The molecule has 1 aromatic heterocycles. The average Bonchev–Trinajstić information content (AvgIpc) is 2.81. The highest BCUT2D eigenvalue weighted by molar-refractivity contribution is 7.86. The summed E-state index contributed by atoms with van der Waals surface area (Å²) in [5, 5.41) is 8.77. The second-order valence-corrected chi connectivity index (χ2v) is 7.65. The predicted molar refractivity (Wildman–Crippen MR) is 89.0 cm³/mol. The van der Waals surface area contributed by atoms with Crippen molar-refractivity contribution in [3.63, 3.8) is 0 Å². The van der Waals surface area contributed by atoms with Crippen molar-refractivity contribution in [2.45, 2.75) is 25.8 Å². The van der Waals surface area contributed by atoms with Crippen molar-refractivity contribution in [3.8, 4) is 6.07 Å². The van der Waals surface area contributed by atoms with Gasteiger partial charge in [-0.05, 0) is 25.5 Å². The molecule has 8 heteroatoms. The normalized spacial score (nSPS) is 18.4. The van der Waals surface area contributed by atoms with Gasteiger partial charge in [-0.25, -0.2) is 4.98 Å². The third kappa shape index (κ3) is 4.19. The lowest BCUT2D eigenvalue weighted by Crippen LogP contribution is -2.46. The molecule has 0 amide bonds. The summed E-state index contributed by atoms with van der Waals surface area (Å²) in [7, 11) is -2.00. The lowest BCUT2D eigenvalue weighted by atomic mass is 10.3. The van der Waals surface area contributed by atoms with Crippen LogP contribution in [0.15, 0.2) is 24.4 Å². The molecule has 0 bridgehead atoms. The van der Waals surface area contributed by atoms with Gasteiger partial charge in [0, 0.05) is 45.5 Å². The van der Waals surface area contributed by atoms with Gasteiger partial charge >= 0.3 is 0 Å². The third-order valence-corrected chi connectivity index (χ3v) is 6.23. The van der Waals surface area contributed by atoms with Gasteiger partial charge in [-0.3, -0.25) is 0 Å². The minimum atomic E-state index is -3.54. The Balaban J connectivity index is 2.06. The average molecular weight is 337 g/mol. The van der Waals surface area contributed by atoms with Gasteiger partial charge in [-0.2, -0.15) is 22.3 Å². The van der Waals surface area contributed by atoms with E-state index < -0.39 is 10.2 Å². The van der Waals surface area contributed by atoms with Crippen LogP contribution in [0.4, 0.5) is 5.82 Å². The Bertz CT molecular complexity index is 644. The molecule has 2 rings (SSSR count). The summed E-state index contributed by atoms with van der Waals surface area (Å²) >= 11 is 0. The highest BCUT2D eigenvalue weighted by Crippen LogP contribution is 2.17. The zero-order chi connectivity index (χ0) is 16.9. The minimum Gasteiger partial charge on any atom is -0.355 e. The number of hydrogen-bond donors (Lipinski definition) is 0. The Labute approximate surface area is 138 Å². The molecule has 0 unspecified atom stereocenters. The zero-order valence-electron chi connectivity index (χ0n) is 13.6. The number of hydrogen-bond acceptors (Lipinski definition) is 5. The number of aromatic nitrogens is 1. The van der Waals surface area contributed by atoms with Crippen LogP contribution in [0.1, 0.15) is 19.8 Å². The molecule has 0 aromatic carbocycles. The molecule has 1 aromatic rings. The number of pyridine rings is 1. The van der Waals surface area contributed by atoms with Crippen molar-refractivity contribution < 1.29 is 8.42 Å². The van der Waals surface area contributed by atoms with Gasteiger partial charge in [0.25, 0.3) is 10.2 Å². The lowest BCUT2D eigenvalue weighted by Gasteiger charge is -2.29. The molecule has 1 saturated heterocycles. The second kappa shape index (κ2) is 7.73. The van der Waals surface area contributed by atoms with Crippen molar-refractivity contribution in [1.29, 1.82) is 5.26 Å². The molecule has 0 N–H and O–H groups in total. The first-order chi connectivity index (χ1) is 11.0. The van der Waals surface area contributed by atoms with Crippen LogP contribution < -0.4 is 4.90 Å². The number of nitrogens with zero attached hydrogens (tertiary/aromatic N) is 5. The SMILES string of the molecule is C[C@H](CC#N)N(C)S(=O)(=O)N1CCCN(c2ccccn2)CC1. The van der Waals surface area contributed by atoms with Crippen molar-refractivity contribution in [2.24, 2.45) is 0 Å². The van der Waals surface area contributed by atoms with E-state index in [4.69, 9.17) is 5.26 Å². The van der Waals surface area contributed by atoms with Gasteiger partial charge in [0.2, 0.25) is 0 Å². The van der Waals surface area contributed by atoms with Crippen LogP contribution >= 0.6 is 0 Å². The van der Waals surface area contributed by atoms with Crippen LogP contribution in [0.2, 0.25) is 0 Å². The highest BCUT2D eigenvalue weighted by atomic mass is 32.2. The molecule has 7 nitrogen and oxygen atoms in total. The minimum absolute atomic E-state index is 0.184. The fourth-order valence-corrected chi connectivity index (χ4v) is 4.13. The topological polar surface area (TPSA) is 80.5 Å². The standard InChI is InChI=1S/C15H23N5O2S/c1-14(7-8-16)18(2)23(21,22)20-11-5-10-19(12-13-20)15-6-3-4-9-17-15/h3-4,6,9,14H,5,7,10-13H2,1-2H3/t14-/m1/s1. The maximum atomic E-state index is 12.7. The second-order valence-electron chi connectivity index (χ2n) is 5.66. The Morgan fingerprint density at radius 1 is 1.35 bits per heavy atom. The maximum absolute atomic E-state index is 12.7. The van der Waals surface area contributed by atoms with Crippen LogP contribution in [-0.2, 0) is 10.2 Å². The highest BCUT2D eigenvalue weighted by Gasteiger charge is 2.31. The molecule has 23 heavy (non-hydrogen) atoms. The first-order valence-corrected chi connectivity index (χ1v) is 9.12. The quantitative estimate of drug-likeness (QED) is 0.803. The third-order valence-electron chi connectivity index (χ3n) is 4.13. The summed E-state index contributed by atoms with van der Waals surface area (Å²) in [6.45, 7) is 4.04. The Morgan fingerprint density at radius 2 is 2.13 bits per heavy atom. The zero-order valence-corrected chi connectivity index (χ0v) is 14.4. The summed E-state index contributed by atoms with van der Waals surface area (Å²) in [4.78, 5) is 6.44. The smallest absolute Gasteiger partial charge is 0.282 e. The van der Waals surface area contributed by atoms with Crippen molar-refractivity contribution in [2.75, 3.05) is 38.1 Å². The van der Waals surface area contributed by atoms with E-state index in [2.05, 4.69) is 9.88 Å². The fraction of sp³-hybridized carbons (Fsp3) is 0.600. The van der Waals surface area contributed by atoms with Crippen molar-refractivity contribution in [3.05, 3.63) is 24.4 Å². The van der Waals surface area contributed by atoms with E-state index in [0.29, 0.717) is 19.6 Å². The van der Waals surface area contributed by atoms with E-state index in [1.807, 2.05) is 24.3 Å². The van der Waals surface area contributed by atoms with Crippen LogP contribution in [-0.4, -0.2) is 61.3 Å².